The maximum atomic E-state index is 10.6. The summed E-state index contributed by atoms with van der Waals surface area (Å²) in [7, 11) is 4.33. The van der Waals surface area contributed by atoms with E-state index in [1.54, 1.807) is 0 Å². The van der Waals surface area contributed by atoms with E-state index in [1.165, 1.54) is 5.56 Å². The average Bonchev–Trinajstić information content (AvgIpc) is 2.29. The summed E-state index contributed by atoms with van der Waals surface area (Å²) >= 11 is 0. The molecule has 0 radical (unpaired) electrons. The third-order valence-electron chi connectivity index (χ3n) is 3.00. The second-order valence-corrected chi connectivity index (χ2v) is 5.32. The fourth-order valence-corrected chi connectivity index (χ4v) is 1.98. The Bertz CT molecular complexity index is 415. The molecular weight excluding hydrogens is 262 g/mol. The highest BCUT2D eigenvalue weighted by Crippen LogP contribution is 2.12. The highest BCUT2D eigenvalue weighted by Gasteiger charge is 2.16. The molecule has 0 amide bonds. The van der Waals surface area contributed by atoms with Gasteiger partial charge in [-0.25, -0.2) is 4.79 Å². The van der Waals surface area contributed by atoms with Crippen LogP contribution in [0.2, 0.25) is 0 Å². The van der Waals surface area contributed by atoms with Crippen molar-refractivity contribution in [3.8, 4) is 0 Å². The molecule has 0 saturated carbocycles. The molecule has 1 aromatic rings. The molecular formula is C15H22ClNO2. The zero-order valence-electron chi connectivity index (χ0n) is 11.6. The van der Waals surface area contributed by atoms with Gasteiger partial charge < -0.3 is 22.0 Å². The summed E-state index contributed by atoms with van der Waals surface area (Å²) < 4.78 is 0.858. The zero-order chi connectivity index (χ0) is 13.6. The number of hydrogen-bond donors (Lipinski definition) is 1. The quantitative estimate of drug-likeness (QED) is 0.551. The smallest absolute Gasteiger partial charge is 0.330 e. The van der Waals surface area contributed by atoms with Gasteiger partial charge >= 0.3 is 5.97 Å². The number of benzene rings is 1. The maximum absolute atomic E-state index is 10.6. The number of halogens is 1. The van der Waals surface area contributed by atoms with Crippen LogP contribution in [0.3, 0.4) is 0 Å². The van der Waals surface area contributed by atoms with Crippen molar-refractivity contribution in [3.63, 3.8) is 0 Å². The van der Waals surface area contributed by atoms with Crippen LogP contribution in [0.1, 0.15) is 18.4 Å². The van der Waals surface area contributed by atoms with Crippen molar-refractivity contribution in [2.24, 2.45) is 0 Å². The monoisotopic (exact) mass is 283 g/mol. The van der Waals surface area contributed by atoms with Crippen LogP contribution < -0.4 is 12.4 Å². The summed E-state index contributed by atoms with van der Waals surface area (Å²) in [6.45, 7) is 5.46. The van der Waals surface area contributed by atoms with Gasteiger partial charge in [0.1, 0.15) is 6.54 Å². The molecule has 106 valence electrons. The Kier molecular flexibility index (Phi) is 7.42. The minimum Gasteiger partial charge on any atom is -1.00 e. The first-order valence-corrected chi connectivity index (χ1v) is 6.18. The standard InChI is InChI=1S/C15H21NO2.ClH/c1-13(15(17)18)8-7-11-16(2,3)12-14-9-5-4-6-10-14;/h4-6,9-10H,1,7-8,11-12H2,2-3H3;1H. The van der Waals surface area contributed by atoms with Gasteiger partial charge in [0.25, 0.3) is 0 Å². The van der Waals surface area contributed by atoms with Gasteiger partial charge in [0.15, 0.2) is 0 Å². The number of carbonyl (C=O) groups is 1. The third-order valence-corrected chi connectivity index (χ3v) is 3.00. The van der Waals surface area contributed by atoms with Gasteiger partial charge in [0.05, 0.1) is 20.6 Å². The summed E-state index contributed by atoms with van der Waals surface area (Å²) in [5.74, 6) is -0.886. The van der Waals surface area contributed by atoms with Crippen molar-refractivity contribution in [1.82, 2.24) is 0 Å². The van der Waals surface area contributed by atoms with Crippen LogP contribution in [0.15, 0.2) is 42.5 Å². The summed E-state index contributed by atoms with van der Waals surface area (Å²) in [5, 5.41) is 8.74. The van der Waals surface area contributed by atoms with Crippen molar-refractivity contribution in [3.05, 3.63) is 48.0 Å². The van der Waals surface area contributed by atoms with Gasteiger partial charge in [0, 0.05) is 17.6 Å². The van der Waals surface area contributed by atoms with E-state index in [0.717, 1.165) is 24.0 Å². The van der Waals surface area contributed by atoms with Crippen LogP contribution in [-0.2, 0) is 11.3 Å². The van der Waals surface area contributed by atoms with Crippen LogP contribution >= 0.6 is 0 Å². The number of carboxylic acids is 1. The summed E-state index contributed by atoms with van der Waals surface area (Å²) in [4.78, 5) is 10.6. The minimum absolute atomic E-state index is 0. The third kappa shape index (κ3) is 6.99. The number of rotatable bonds is 7. The van der Waals surface area contributed by atoms with E-state index < -0.39 is 5.97 Å². The Morgan fingerprint density at radius 2 is 1.84 bits per heavy atom. The van der Waals surface area contributed by atoms with Crippen LogP contribution in [0.25, 0.3) is 0 Å². The van der Waals surface area contributed by atoms with Crippen molar-refractivity contribution in [2.75, 3.05) is 20.6 Å². The molecule has 0 heterocycles. The first-order chi connectivity index (χ1) is 8.41. The summed E-state index contributed by atoms with van der Waals surface area (Å²) in [6, 6.07) is 10.3. The van der Waals surface area contributed by atoms with Crippen molar-refractivity contribution in [1.29, 1.82) is 0 Å². The van der Waals surface area contributed by atoms with E-state index in [0.29, 0.717) is 12.0 Å². The molecule has 1 aromatic carbocycles. The number of carboxylic acid groups (broad SMARTS) is 1. The lowest BCUT2D eigenvalue weighted by Gasteiger charge is -2.30. The first-order valence-electron chi connectivity index (χ1n) is 6.18. The van der Waals surface area contributed by atoms with Crippen molar-refractivity contribution < 1.29 is 26.8 Å². The van der Waals surface area contributed by atoms with E-state index >= 15 is 0 Å². The molecule has 3 nitrogen and oxygen atoms in total. The summed E-state index contributed by atoms with van der Waals surface area (Å²) in [5.41, 5.74) is 1.61. The second-order valence-electron chi connectivity index (χ2n) is 5.32. The predicted octanol–water partition coefficient (Wildman–Crippen LogP) is -0.312. The molecule has 0 aromatic heterocycles. The van der Waals surface area contributed by atoms with Crippen molar-refractivity contribution >= 4 is 5.97 Å². The Morgan fingerprint density at radius 1 is 1.26 bits per heavy atom. The SMILES string of the molecule is C=C(CCC[N+](C)(C)Cc1ccccc1)C(=O)O.[Cl-]. The van der Waals surface area contributed by atoms with Crippen LogP contribution in [0.4, 0.5) is 0 Å². The Hall–Kier alpha value is -1.32. The zero-order valence-corrected chi connectivity index (χ0v) is 12.4. The molecule has 1 N–H and O–H groups in total. The molecule has 19 heavy (non-hydrogen) atoms. The fraction of sp³-hybridized carbons (Fsp3) is 0.400. The minimum atomic E-state index is -0.886. The number of hydrogen-bond acceptors (Lipinski definition) is 1. The highest BCUT2D eigenvalue weighted by molar-refractivity contribution is 5.85. The van der Waals surface area contributed by atoms with Crippen LogP contribution in [0, 0.1) is 0 Å². The lowest BCUT2D eigenvalue weighted by molar-refractivity contribution is -0.903. The molecule has 0 aliphatic carbocycles. The molecule has 0 unspecified atom stereocenters. The normalized spacial score (nSPS) is 10.6. The van der Waals surface area contributed by atoms with Crippen LogP contribution in [-0.4, -0.2) is 36.2 Å². The second kappa shape index (κ2) is 7.97. The van der Waals surface area contributed by atoms with E-state index in [9.17, 15) is 4.79 Å². The molecule has 4 heteroatoms. The number of quaternary nitrogens is 1. The topological polar surface area (TPSA) is 37.3 Å². The molecule has 0 aliphatic heterocycles. The van der Waals surface area contributed by atoms with Gasteiger partial charge in [-0.3, -0.25) is 0 Å². The van der Waals surface area contributed by atoms with E-state index in [-0.39, 0.29) is 12.4 Å². The lowest BCUT2D eigenvalue weighted by atomic mass is 10.1. The number of nitrogens with zero attached hydrogens (tertiary/aromatic N) is 1. The predicted molar refractivity (Wildman–Crippen MR) is 73.1 cm³/mol. The Labute approximate surface area is 121 Å². The summed E-state index contributed by atoms with van der Waals surface area (Å²) in [6.07, 6.45) is 1.41. The van der Waals surface area contributed by atoms with Gasteiger partial charge in [0.2, 0.25) is 0 Å². The van der Waals surface area contributed by atoms with E-state index in [4.69, 9.17) is 5.11 Å². The highest BCUT2D eigenvalue weighted by atomic mass is 35.5. The lowest BCUT2D eigenvalue weighted by Crippen LogP contribution is -3.00. The molecule has 0 spiro atoms. The molecule has 0 aliphatic rings. The maximum Gasteiger partial charge on any atom is 0.330 e. The molecule has 0 atom stereocenters. The molecule has 0 saturated heterocycles. The van der Waals surface area contributed by atoms with E-state index in [2.05, 4.69) is 32.8 Å². The fourth-order valence-electron chi connectivity index (χ4n) is 1.98. The van der Waals surface area contributed by atoms with Gasteiger partial charge in [-0.1, -0.05) is 36.9 Å². The number of aliphatic carboxylic acids is 1. The molecule has 1 rings (SSSR count). The van der Waals surface area contributed by atoms with E-state index in [1.807, 2.05) is 18.2 Å². The van der Waals surface area contributed by atoms with Gasteiger partial charge in [-0.2, -0.15) is 0 Å². The van der Waals surface area contributed by atoms with Crippen LogP contribution in [0.5, 0.6) is 0 Å². The molecule has 0 fully saturated rings. The largest absolute Gasteiger partial charge is 1.00 e. The average molecular weight is 284 g/mol. The molecule has 0 bridgehead atoms. The Balaban J connectivity index is 0.00000324. The van der Waals surface area contributed by atoms with Crippen molar-refractivity contribution in [2.45, 2.75) is 19.4 Å². The van der Waals surface area contributed by atoms with Gasteiger partial charge in [-0.15, -0.1) is 0 Å². The first kappa shape index (κ1) is 17.7. The van der Waals surface area contributed by atoms with Gasteiger partial charge in [-0.05, 0) is 6.42 Å². The Morgan fingerprint density at radius 3 is 2.37 bits per heavy atom.